The second kappa shape index (κ2) is 10.6. The molecule has 34 heavy (non-hydrogen) atoms. The van der Waals surface area contributed by atoms with Gasteiger partial charge in [-0.3, -0.25) is 9.79 Å². The number of ether oxygens (including phenoxy) is 3. The summed E-state index contributed by atoms with van der Waals surface area (Å²) in [4.78, 5) is 30.7. The van der Waals surface area contributed by atoms with Crippen LogP contribution >= 0.6 is 0 Å². The Morgan fingerprint density at radius 2 is 1.82 bits per heavy atom. The van der Waals surface area contributed by atoms with Crippen molar-refractivity contribution in [2.45, 2.75) is 39.2 Å². The number of hydrogen-bond donors (Lipinski definition) is 1. The van der Waals surface area contributed by atoms with Crippen LogP contribution in [-0.2, 0) is 16.0 Å². The van der Waals surface area contributed by atoms with Crippen LogP contribution in [0.3, 0.4) is 0 Å². The predicted octanol–water partition coefficient (Wildman–Crippen LogP) is 3.97. The Hall–Kier alpha value is -3.55. The number of nitrogens with zero attached hydrogens (tertiary/aromatic N) is 2. The van der Waals surface area contributed by atoms with Crippen LogP contribution in [0.5, 0.6) is 11.5 Å². The van der Waals surface area contributed by atoms with Gasteiger partial charge in [0, 0.05) is 30.8 Å². The quantitative estimate of drug-likeness (QED) is 0.623. The molecule has 1 heterocycles. The highest BCUT2D eigenvalue weighted by molar-refractivity contribution is 6.20. The van der Waals surface area contributed by atoms with Gasteiger partial charge in [0.15, 0.2) is 11.5 Å². The maximum Gasteiger partial charge on any atom is 0.407 e. The zero-order chi connectivity index (χ0) is 24.9. The van der Waals surface area contributed by atoms with E-state index in [0.29, 0.717) is 23.7 Å². The molecule has 0 aliphatic carbocycles. The molecule has 0 spiro atoms. The van der Waals surface area contributed by atoms with Gasteiger partial charge in [0.2, 0.25) is 5.91 Å². The van der Waals surface area contributed by atoms with Gasteiger partial charge in [0.25, 0.3) is 0 Å². The van der Waals surface area contributed by atoms with Crippen molar-refractivity contribution in [3.8, 4) is 11.5 Å². The lowest BCUT2D eigenvalue weighted by molar-refractivity contribution is -0.116. The Morgan fingerprint density at radius 1 is 1.12 bits per heavy atom. The van der Waals surface area contributed by atoms with Crippen molar-refractivity contribution < 1.29 is 23.8 Å². The zero-order valence-corrected chi connectivity index (χ0v) is 20.7. The molecule has 0 saturated carbocycles. The molecule has 0 fully saturated rings. The molecule has 0 bridgehead atoms. The van der Waals surface area contributed by atoms with Crippen LogP contribution in [0.4, 0.5) is 10.5 Å². The molecule has 2 amide bonds. The molecular weight excluding hydrogens is 434 g/mol. The molecule has 8 nitrogen and oxygen atoms in total. The summed E-state index contributed by atoms with van der Waals surface area (Å²) >= 11 is 0. The first-order valence-corrected chi connectivity index (χ1v) is 11.3. The van der Waals surface area contributed by atoms with E-state index in [9.17, 15) is 9.59 Å². The van der Waals surface area contributed by atoms with Gasteiger partial charge in [0.05, 0.1) is 25.6 Å². The van der Waals surface area contributed by atoms with Crippen LogP contribution in [0.2, 0.25) is 0 Å². The Bertz CT molecular complexity index is 1090. The molecule has 8 heteroatoms. The van der Waals surface area contributed by atoms with Crippen molar-refractivity contribution in [1.82, 2.24) is 5.32 Å². The maximum atomic E-state index is 12.6. The number of nitrogens with one attached hydrogen (secondary N) is 1. The minimum Gasteiger partial charge on any atom is -0.493 e. The summed E-state index contributed by atoms with van der Waals surface area (Å²) in [6.45, 7) is 6.07. The number of anilines is 1. The Balaban J connectivity index is 1.81. The standard InChI is InChI=1S/C26H33N3O5/c1-26(2,3)34-25(31)27-12-8-10-17-9-7-11-18(13-17)24-19-14-21(32-5)22(33-6)15-20(19)29(4)23(30)16-28-24/h7,9,11,13-15H,8,10,12,16H2,1-6H3,(H,27,31). The topological polar surface area (TPSA) is 89.5 Å². The number of amides is 2. The van der Waals surface area contributed by atoms with Gasteiger partial charge in [-0.25, -0.2) is 4.79 Å². The lowest BCUT2D eigenvalue weighted by Gasteiger charge is -2.20. The summed E-state index contributed by atoms with van der Waals surface area (Å²) in [5.74, 6) is 1.02. The second-order valence-electron chi connectivity index (χ2n) is 9.07. The molecule has 182 valence electrons. The Kier molecular flexibility index (Phi) is 7.81. The zero-order valence-electron chi connectivity index (χ0n) is 20.7. The Morgan fingerprint density at radius 3 is 2.50 bits per heavy atom. The van der Waals surface area contributed by atoms with E-state index in [1.807, 2.05) is 45.0 Å². The predicted molar refractivity (Wildman–Crippen MR) is 132 cm³/mol. The van der Waals surface area contributed by atoms with Crippen molar-refractivity contribution >= 4 is 23.4 Å². The van der Waals surface area contributed by atoms with E-state index in [-0.39, 0.29) is 12.5 Å². The highest BCUT2D eigenvalue weighted by atomic mass is 16.6. The molecule has 1 aliphatic rings. The lowest BCUT2D eigenvalue weighted by Crippen LogP contribution is -2.33. The van der Waals surface area contributed by atoms with E-state index in [4.69, 9.17) is 14.2 Å². The molecule has 0 atom stereocenters. The lowest BCUT2D eigenvalue weighted by atomic mass is 9.97. The summed E-state index contributed by atoms with van der Waals surface area (Å²) in [7, 11) is 4.89. The first-order valence-electron chi connectivity index (χ1n) is 11.3. The number of benzene rings is 2. The highest BCUT2D eigenvalue weighted by Gasteiger charge is 2.25. The van der Waals surface area contributed by atoms with Gasteiger partial charge in [0.1, 0.15) is 12.1 Å². The summed E-state index contributed by atoms with van der Waals surface area (Å²) in [6.07, 6.45) is 1.12. The fourth-order valence-corrected chi connectivity index (χ4v) is 3.73. The Labute approximate surface area is 200 Å². The molecule has 0 aromatic heterocycles. The van der Waals surface area contributed by atoms with Gasteiger partial charge in [-0.05, 0) is 51.3 Å². The third-order valence-corrected chi connectivity index (χ3v) is 5.38. The van der Waals surface area contributed by atoms with Crippen molar-refractivity contribution in [2.24, 2.45) is 4.99 Å². The summed E-state index contributed by atoms with van der Waals surface area (Å²) in [5.41, 5.74) is 3.74. The third-order valence-electron chi connectivity index (χ3n) is 5.38. The van der Waals surface area contributed by atoms with Crippen LogP contribution in [0.15, 0.2) is 41.4 Å². The molecule has 1 aliphatic heterocycles. The number of likely N-dealkylation sites (N-methyl/N-ethyl adjacent to an activating group) is 1. The number of carbonyl (C=O) groups is 2. The van der Waals surface area contributed by atoms with E-state index in [2.05, 4.69) is 16.4 Å². The summed E-state index contributed by atoms with van der Waals surface area (Å²) in [6, 6.07) is 11.7. The number of fused-ring (bicyclic) bond motifs is 1. The molecule has 2 aromatic carbocycles. The monoisotopic (exact) mass is 467 g/mol. The number of hydrogen-bond acceptors (Lipinski definition) is 6. The fraction of sp³-hybridized carbons (Fsp3) is 0.423. The van der Waals surface area contributed by atoms with Crippen molar-refractivity contribution in [1.29, 1.82) is 0 Å². The minimum atomic E-state index is -0.518. The van der Waals surface area contributed by atoms with E-state index in [1.165, 1.54) is 0 Å². The van der Waals surface area contributed by atoms with Crippen molar-refractivity contribution in [3.63, 3.8) is 0 Å². The van der Waals surface area contributed by atoms with E-state index >= 15 is 0 Å². The number of carbonyl (C=O) groups excluding carboxylic acids is 2. The number of aliphatic imine (C=N–C) groups is 1. The molecule has 0 unspecified atom stereocenters. The summed E-state index contributed by atoms with van der Waals surface area (Å²) in [5, 5.41) is 2.79. The number of aryl methyl sites for hydroxylation is 1. The molecular formula is C26H33N3O5. The van der Waals surface area contributed by atoms with Crippen LogP contribution < -0.4 is 19.7 Å². The van der Waals surface area contributed by atoms with Crippen LogP contribution in [-0.4, -0.2) is 57.7 Å². The average molecular weight is 468 g/mol. The maximum absolute atomic E-state index is 12.6. The van der Waals surface area contributed by atoms with Crippen molar-refractivity contribution in [2.75, 3.05) is 39.3 Å². The van der Waals surface area contributed by atoms with Crippen molar-refractivity contribution in [3.05, 3.63) is 53.1 Å². The van der Waals surface area contributed by atoms with Gasteiger partial charge in [-0.15, -0.1) is 0 Å². The van der Waals surface area contributed by atoms with Gasteiger partial charge >= 0.3 is 6.09 Å². The SMILES string of the molecule is COc1cc2c(cc1OC)N(C)C(=O)CN=C2c1cccc(CCCNC(=O)OC(C)(C)C)c1. The van der Waals surface area contributed by atoms with Crippen LogP contribution in [0.25, 0.3) is 0 Å². The molecule has 2 aromatic rings. The molecule has 3 rings (SSSR count). The largest absolute Gasteiger partial charge is 0.493 e. The number of alkyl carbamates (subject to hydrolysis) is 1. The average Bonchev–Trinajstić information content (AvgIpc) is 2.91. The smallest absolute Gasteiger partial charge is 0.407 e. The molecule has 0 saturated heterocycles. The normalized spacial score (nSPS) is 13.5. The van der Waals surface area contributed by atoms with Gasteiger partial charge < -0.3 is 24.4 Å². The fourth-order valence-electron chi connectivity index (χ4n) is 3.73. The summed E-state index contributed by atoms with van der Waals surface area (Å²) < 4.78 is 16.2. The van der Waals surface area contributed by atoms with Gasteiger partial charge in [-0.1, -0.05) is 18.2 Å². The van der Waals surface area contributed by atoms with Gasteiger partial charge in [-0.2, -0.15) is 0 Å². The first kappa shape index (κ1) is 25.1. The van der Waals surface area contributed by atoms with E-state index < -0.39 is 11.7 Å². The van der Waals surface area contributed by atoms with Crippen LogP contribution in [0.1, 0.15) is 43.9 Å². The third kappa shape index (κ3) is 6.07. The number of methoxy groups -OCH3 is 2. The first-order chi connectivity index (χ1) is 16.1. The van der Waals surface area contributed by atoms with E-state index in [1.54, 1.807) is 32.2 Å². The second-order valence-corrected chi connectivity index (χ2v) is 9.07. The number of benzodiazepines with no additional fused rings is 1. The molecule has 0 radical (unpaired) electrons. The van der Waals surface area contributed by atoms with Crippen LogP contribution in [0, 0.1) is 0 Å². The van der Waals surface area contributed by atoms with E-state index in [0.717, 1.165) is 35.2 Å². The minimum absolute atomic E-state index is 0.0508. The molecule has 1 N–H and O–H groups in total. The number of rotatable bonds is 7. The highest BCUT2D eigenvalue weighted by Crippen LogP contribution is 2.37.